The van der Waals surface area contributed by atoms with Gasteiger partial charge in [-0.05, 0) is 55.5 Å². The number of anilines is 1. The van der Waals surface area contributed by atoms with E-state index in [0.29, 0.717) is 5.82 Å². The van der Waals surface area contributed by atoms with Crippen LogP contribution in [0.1, 0.15) is 33.9 Å². The highest BCUT2D eigenvalue weighted by Crippen LogP contribution is 2.25. The predicted molar refractivity (Wildman–Crippen MR) is 83.1 cm³/mol. The maximum absolute atomic E-state index is 6.00. The van der Waals surface area contributed by atoms with E-state index in [9.17, 15) is 0 Å². The minimum atomic E-state index is -0.0363. The first-order chi connectivity index (χ1) is 9.52. The van der Waals surface area contributed by atoms with Crippen LogP contribution in [0.25, 0.3) is 0 Å². The quantitative estimate of drug-likeness (QED) is 0.588. The first-order valence-electron chi connectivity index (χ1n) is 6.76. The van der Waals surface area contributed by atoms with Crippen LogP contribution in [0, 0.1) is 20.8 Å². The molecule has 106 valence electrons. The Morgan fingerprint density at radius 1 is 1.10 bits per heavy atom. The molecule has 1 aromatic carbocycles. The summed E-state index contributed by atoms with van der Waals surface area (Å²) >= 11 is 0. The molecule has 4 nitrogen and oxygen atoms in total. The Balaban J connectivity index is 2.31. The van der Waals surface area contributed by atoms with Crippen LogP contribution in [0.5, 0.6) is 0 Å². The van der Waals surface area contributed by atoms with Crippen molar-refractivity contribution in [3.63, 3.8) is 0 Å². The summed E-state index contributed by atoms with van der Waals surface area (Å²) in [7, 11) is 0. The number of pyridine rings is 1. The lowest BCUT2D eigenvalue weighted by atomic mass is 9.95. The first-order valence-corrected chi connectivity index (χ1v) is 6.76. The van der Waals surface area contributed by atoms with Gasteiger partial charge >= 0.3 is 0 Å². The number of nitrogen functional groups attached to an aromatic ring is 1. The maximum atomic E-state index is 6.00. The molecule has 1 unspecified atom stereocenters. The average molecular weight is 270 g/mol. The number of hydrazine groups is 1. The molecule has 0 saturated carbocycles. The van der Waals surface area contributed by atoms with Gasteiger partial charge in [0, 0.05) is 11.8 Å². The summed E-state index contributed by atoms with van der Waals surface area (Å²) in [6.07, 6.45) is 2.51. The van der Waals surface area contributed by atoms with E-state index >= 15 is 0 Å². The van der Waals surface area contributed by atoms with Crippen molar-refractivity contribution in [1.82, 2.24) is 10.4 Å². The van der Waals surface area contributed by atoms with E-state index in [4.69, 9.17) is 11.6 Å². The molecule has 20 heavy (non-hydrogen) atoms. The van der Waals surface area contributed by atoms with E-state index < -0.39 is 0 Å². The number of nitrogens with two attached hydrogens (primary N) is 2. The Morgan fingerprint density at radius 3 is 2.45 bits per heavy atom. The van der Waals surface area contributed by atoms with E-state index in [1.165, 1.54) is 16.7 Å². The van der Waals surface area contributed by atoms with Gasteiger partial charge in [-0.2, -0.15) is 0 Å². The second-order valence-electron chi connectivity index (χ2n) is 5.27. The molecule has 1 aromatic heterocycles. The Hall–Kier alpha value is -1.91. The highest BCUT2D eigenvalue weighted by atomic mass is 15.2. The maximum Gasteiger partial charge on any atom is 0.128 e. The fourth-order valence-corrected chi connectivity index (χ4v) is 2.45. The van der Waals surface area contributed by atoms with Crippen LogP contribution in [-0.2, 0) is 6.42 Å². The van der Waals surface area contributed by atoms with Gasteiger partial charge in [0.15, 0.2) is 0 Å². The molecule has 1 atom stereocenters. The fraction of sp³-hybridized carbons (Fsp3) is 0.312. The average Bonchev–Trinajstić information content (AvgIpc) is 2.41. The topological polar surface area (TPSA) is 77.0 Å². The number of nitrogens with one attached hydrogen (secondary N) is 1. The Labute approximate surface area is 120 Å². The van der Waals surface area contributed by atoms with Crippen LogP contribution >= 0.6 is 0 Å². The van der Waals surface area contributed by atoms with Crippen LogP contribution in [0.2, 0.25) is 0 Å². The molecular weight excluding hydrogens is 248 g/mol. The molecule has 0 aliphatic rings. The van der Waals surface area contributed by atoms with E-state index in [1.807, 2.05) is 13.0 Å². The highest BCUT2D eigenvalue weighted by molar-refractivity contribution is 5.46. The van der Waals surface area contributed by atoms with Gasteiger partial charge in [0.25, 0.3) is 0 Å². The molecule has 0 aliphatic carbocycles. The SMILES string of the molecule is Cc1ccc(CC(NN)c2c(C)ccnc2N)cc1C. The standard InChI is InChI=1S/C16H22N4/c1-10-4-5-13(8-12(10)3)9-14(20-18)15-11(2)6-7-19-16(15)17/h4-8,14,20H,9,18H2,1-3H3,(H2,17,19). The van der Waals surface area contributed by atoms with Gasteiger partial charge in [0.05, 0.1) is 6.04 Å². The molecule has 0 saturated heterocycles. The number of aromatic nitrogens is 1. The van der Waals surface area contributed by atoms with E-state index in [-0.39, 0.29) is 6.04 Å². The van der Waals surface area contributed by atoms with Gasteiger partial charge in [0.2, 0.25) is 0 Å². The van der Waals surface area contributed by atoms with Crippen molar-refractivity contribution in [2.75, 3.05) is 5.73 Å². The van der Waals surface area contributed by atoms with Crippen LogP contribution in [-0.4, -0.2) is 4.98 Å². The van der Waals surface area contributed by atoms with Crippen LogP contribution in [0.3, 0.4) is 0 Å². The molecule has 1 heterocycles. The minimum absolute atomic E-state index is 0.0363. The van der Waals surface area contributed by atoms with Crippen LogP contribution in [0.4, 0.5) is 5.82 Å². The zero-order chi connectivity index (χ0) is 14.7. The van der Waals surface area contributed by atoms with E-state index in [1.54, 1.807) is 6.20 Å². The zero-order valence-electron chi connectivity index (χ0n) is 12.3. The molecule has 4 heteroatoms. The minimum Gasteiger partial charge on any atom is -0.383 e. The number of benzene rings is 1. The van der Waals surface area contributed by atoms with Gasteiger partial charge in [-0.3, -0.25) is 11.3 Å². The van der Waals surface area contributed by atoms with Crippen molar-refractivity contribution in [2.45, 2.75) is 33.2 Å². The summed E-state index contributed by atoms with van der Waals surface area (Å²) in [5.74, 6) is 6.26. The lowest BCUT2D eigenvalue weighted by Crippen LogP contribution is -2.31. The van der Waals surface area contributed by atoms with Crippen molar-refractivity contribution in [3.8, 4) is 0 Å². The summed E-state index contributed by atoms with van der Waals surface area (Å²) in [5.41, 5.74) is 14.8. The molecular formula is C16H22N4. The van der Waals surface area contributed by atoms with Gasteiger partial charge < -0.3 is 5.73 Å². The smallest absolute Gasteiger partial charge is 0.128 e. The monoisotopic (exact) mass is 270 g/mol. The number of aryl methyl sites for hydroxylation is 3. The lowest BCUT2D eigenvalue weighted by molar-refractivity contribution is 0.549. The predicted octanol–water partition coefficient (Wildman–Crippen LogP) is 2.34. The van der Waals surface area contributed by atoms with Crippen LogP contribution in [0.15, 0.2) is 30.5 Å². The van der Waals surface area contributed by atoms with Gasteiger partial charge in [-0.25, -0.2) is 4.98 Å². The Morgan fingerprint density at radius 2 is 1.85 bits per heavy atom. The van der Waals surface area contributed by atoms with Crippen molar-refractivity contribution < 1.29 is 0 Å². The van der Waals surface area contributed by atoms with Gasteiger partial charge in [-0.1, -0.05) is 18.2 Å². The summed E-state index contributed by atoms with van der Waals surface area (Å²) in [4.78, 5) is 4.16. The van der Waals surface area contributed by atoms with Crippen LogP contribution < -0.4 is 17.0 Å². The third-order valence-electron chi connectivity index (χ3n) is 3.80. The normalized spacial score (nSPS) is 12.4. The van der Waals surface area contributed by atoms with Crippen molar-refractivity contribution in [1.29, 1.82) is 0 Å². The molecule has 0 amide bonds. The number of rotatable bonds is 4. The molecule has 0 spiro atoms. The van der Waals surface area contributed by atoms with E-state index in [2.05, 4.69) is 42.5 Å². The summed E-state index contributed by atoms with van der Waals surface area (Å²) in [6, 6.07) is 8.38. The highest BCUT2D eigenvalue weighted by Gasteiger charge is 2.17. The zero-order valence-corrected chi connectivity index (χ0v) is 12.3. The Bertz CT molecular complexity index is 587. The molecule has 0 bridgehead atoms. The molecule has 2 rings (SSSR count). The van der Waals surface area contributed by atoms with Crippen molar-refractivity contribution in [3.05, 3.63) is 58.3 Å². The summed E-state index contributed by atoms with van der Waals surface area (Å²) < 4.78 is 0. The van der Waals surface area contributed by atoms with Crippen molar-refractivity contribution >= 4 is 5.82 Å². The van der Waals surface area contributed by atoms with Crippen molar-refractivity contribution in [2.24, 2.45) is 5.84 Å². The third-order valence-corrected chi connectivity index (χ3v) is 3.80. The molecule has 0 aliphatic heterocycles. The van der Waals surface area contributed by atoms with Gasteiger partial charge in [0.1, 0.15) is 5.82 Å². The fourth-order valence-electron chi connectivity index (χ4n) is 2.45. The molecule has 5 N–H and O–H groups in total. The largest absolute Gasteiger partial charge is 0.383 e. The number of hydrogen-bond donors (Lipinski definition) is 3. The van der Waals surface area contributed by atoms with E-state index in [0.717, 1.165) is 17.5 Å². The Kier molecular flexibility index (Phi) is 4.37. The number of hydrogen-bond acceptors (Lipinski definition) is 4. The second-order valence-corrected chi connectivity index (χ2v) is 5.27. The summed E-state index contributed by atoms with van der Waals surface area (Å²) in [5, 5.41) is 0. The molecule has 0 radical (unpaired) electrons. The second kappa shape index (κ2) is 6.03. The number of nitrogens with zero attached hydrogens (tertiary/aromatic N) is 1. The van der Waals surface area contributed by atoms with Gasteiger partial charge in [-0.15, -0.1) is 0 Å². The molecule has 2 aromatic rings. The first kappa shape index (κ1) is 14.5. The summed E-state index contributed by atoms with van der Waals surface area (Å²) in [6.45, 7) is 6.26. The lowest BCUT2D eigenvalue weighted by Gasteiger charge is -2.20. The molecule has 0 fully saturated rings. The third kappa shape index (κ3) is 2.98.